The summed E-state index contributed by atoms with van der Waals surface area (Å²) in [4.78, 5) is 2.08. The monoisotopic (exact) mass is 580 g/mol. The Morgan fingerprint density at radius 1 is 1.18 bits per heavy atom. The van der Waals surface area contributed by atoms with Gasteiger partial charge in [-0.05, 0) is 0 Å². The van der Waals surface area contributed by atoms with Crippen molar-refractivity contribution in [2.75, 3.05) is 6.54 Å². The van der Waals surface area contributed by atoms with Gasteiger partial charge < -0.3 is 0 Å². The van der Waals surface area contributed by atoms with Gasteiger partial charge in [-0.25, -0.2) is 0 Å². The molecule has 1 saturated heterocycles. The summed E-state index contributed by atoms with van der Waals surface area (Å²) in [7, 11) is 0. The number of alkyl halides is 4. The van der Waals surface area contributed by atoms with Crippen molar-refractivity contribution in [1.29, 1.82) is 0 Å². The molecule has 0 amide bonds. The molecule has 186 valence electrons. The Morgan fingerprint density at radius 2 is 1.85 bits per heavy atom. The molecule has 1 aliphatic carbocycles. The zero-order valence-electron chi connectivity index (χ0n) is 20.5. The summed E-state index contributed by atoms with van der Waals surface area (Å²) < 4.78 is 29.4. The van der Waals surface area contributed by atoms with Gasteiger partial charge in [-0.1, -0.05) is 0 Å². The molecule has 2 fully saturated rings. The Kier molecular flexibility index (Phi) is 7.73. The molecule has 1 unspecified atom stereocenters. The maximum atomic E-state index is 14.1. The molecule has 0 aromatic heterocycles. The number of likely N-dealkylation sites (tertiary alicyclic amines) is 1. The summed E-state index contributed by atoms with van der Waals surface area (Å²) in [5.41, 5.74) is 3.99. The van der Waals surface area contributed by atoms with Gasteiger partial charge in [-0.15, -0.1) is 0 Å². The van der Waals surface area contributed by atoms with Crippen LogP contribution in [0.1, 0.15) is 52.0 Å². The normalized spacial score (nSPS) is 23.3. The summed E-state index contributed by atoms with van der Waals surface area (Å²) in [6.45, 7) is 10.2. The van der Waals surface area contributed by atoms with E-state index in [0.29, 0.717) is 7.85 Å². The van der Waals surface area contributed by atoms with Crippen LogP contribution < -0.4 is 21.2 Å². The van der Waals surface area contributed by atoms with E-state index in [1.54, 1.807) is 0 Å². The molecule has 4 atom stereocenters. The van der Waals surface area contributed by atoms with Gasteiger partial charge in [0.1, 0.15) is 0 Å². The molecular weight excluding hydrogens is 543 g/mol. The summed E-state index contributed by atoms with van der Waals surface area (Å²) in [5, 5.41) is 10.5. The second-order valence-electron chi connectivity index (χ2n) is 10.3. The van der Waals surface area contributed by atoms with Gasteiger partial charge in [0.05, 0.1) is 0 Å². The molecule has 1 aliphatic heterocycles. The zero-order chi connectivity index (χ0) is 24.5. The standard InChI is InChI=1S/C29H37F2INO/c1-5-10-20(2)32-26-25(18-22-11-9-14-24(17-22)23-12-7-6-8-13-23)33(19-29(26)15-16-29)21(3)27(34)28(4,30)31/h6-9,11-14,17,20,25-27,34H,3,5,10,15-16,18-19H2,1-2,4H3/q-1/t20?,25-,26+,27-/m0/s1. The van der Waals surface area contributed by atoms with Crippen molar-refractivity contribution in [3.8, 4) is 11.1 Å². The van der Waals surface area contributed by atoms with Crippen molar-refractivity contribution in [3.05, 3.63) is 72.4 Å². The molecular formula is C29H37F2INO-. The van der Waals surface area contributed by atoms with Gasteiger partial charge in [-0.3, -0.25) is 0 Å². The third-order valence-corrected chi connectivity index (χ3v) is 12.2. The van der Waals surface area contributed by atoms with E-state index in [1.165, 1.54) is 42.4 Å². The number of aliphatic hydroxyl groups excluding tert-OH is 1. The van der Waals surface area contributed by atoms with Crippen LogP contribution in [0.2, 0.25) is 0 Å². The molecule has 1 N–H and O–H groups in total. The van der Waals surface area contributed by atoms with Crippen LogP contribution in [0, 0.1) is 5.41 Å². The minimum absolute atomic E-state index is 0.116. The van der Waals surface area contributed by atoms with Crippen LogP contribution in [0.4, 0.5) is 8.78 Å². The predicted octanol–water partition coefficient (Wildman–Crippen LogP) is 3.54. The summed E-state index contributed by atoms with van der Waals surface area (Å²) in [5.74, 6) is -3.20. The van der Waals surface area contributed by atoms with E-state index in [-0.39, 0.29) is 38.4 Å². The van der Waals surface area contributed by atoms with Crippen LogP contribution in [0.15, 0.2) is 66.9 Å². The fourth-order valence-electron chi connectivity index (χ4n) is 5.34. The second kappa shape index (κ2) is 10.3. The predicted molar refractivity (Wildman–Crippen MR) is 132 cm³/mol. The first-order chi connectivity index (χ1) is 16.1. The molecule has 2 nitrogen and oxygen atoms in total. The van der Waals surface area contributed by atoms with Crippen molar-refractivity contribution in [1.82, 2.24) is 4.90 Å². The Bertz CT molecular complexity index is 985. The third-order valence-electron chi connectivity index (χ3n) is 7.38. The number of nitrogens with zero attached hydrogens (tertiary/aromatic N) is 1. The molecule has 1 heterocycles. The minimum atomic E-state index is -3.20. The number of halogens is 3. The van der Waals surface area contributed by atoms with E-state index >= 15 is 0 Å². The first-order valence-electron chi connectivity index (χ1n) is 12.4. The SMILES string of the molecule is C=C([C@H](O)C(C)(F)F)N1CC2(CC2)[C@H]([I-]C(C)CCC)[C@@H]1Cc1cccc(-c2ccccc2)c1. The van der Waals surface area contributed by atoms with Gasteiger partial charge in [-0.2, -0.15) is 0 Å². The topological polar surface area (TPSA) is 23.5 Å². The van der Waals surface area contributed by atoms with Crippen molar-refractivity contribution in [3.63, 3.8) is 0 Å². The molecule has 4 rings (SSSR count). The van der Waals surface area contributed by atoms with Crippen molar-refractivity contribution in [2.45, 2.75) is 78.8 Å². The van der Waals surface area contributed by atoms with Gasteiger partial charge in [0.15, 0.2) is 0 Å². The molecule has 1 spiro atoms. The molecule has 0 bridgehead atoms. The van der Waals surface area contributed by atoms with Crippen LogP contribution in [0.5, 0.6) is 0 Å². The van der Waals surface area contributed by atoms with Gasteiger partial charge in [0, 0.05) is 0 Å². The van der Waals surface area contributed by atoms with Crippen molar-refractivity contribution in [2.24, 2.45) is 5.41 Å². The average molecular weight is 581 g/mol. The van der Waals surface area contributed by atoms with E-state index in [1.807, 2.05) is 18.2 Å². The van der Waals surface area contributed by atoms with Crippen LogP contribution in [0.25, 0.3) is 11.1 Å². The summed E-state index contributed by atoms with van der Waals surface area (Å²) in [6, 6.07) is 19.1. The first-order valence-corrected chi connectivity index (χ1v) is 14.9. The summed E-state index contributed by atoms with van der Waals surface area (Å²) in [6.07, 6.45) is 3.70. The van der Waals surface area contributed by atoms with Gasteiger partial charge in [0.2, 0.25) is 0 Å². The Morgan fingerprint density at radius 3 is 2.47 bits per heavy atom. The fraction of sp³-hybridized carbons (Fsp3) is 0.517. The Labute approximate surface area is 213 Å². The number of aliphatic hydroxyl groups is 1. The number of hydrogen-bond donors (Lipinski definition) is 1. The first kappa shape index (κ1) is 25.6. The molecule has 2 aromatic carbocycles. The van der Waals surface area contributed by atoms with E-state index in [4.69, 9.17) is 0 Å². The van der Waals surface area contributed by atoms with E-state index in [0.717, 1.165) is 19.9 Å². The van der Waals surface area contributed by atoms with Gasteiger partial charge >= 0.3 is 214 Å². The summed E-state index contributed by atoms with van der Waals surface area (Å²) >= 11 is -0.119. The molecule has 0 radical (unpaired) electrons. The van der Waals surface area contributed by atoms with E-state index in [9.17, 15) is 13.9 Å². The fourth-order valence-corrected chi connectivity index (χ4v) is 10.4. The van der Waals surface area contributed by atoms with Gasteiger partial charge in [0.25, 0.3) is 0 Å². The molecule has 2 aromatic rings. The quantitative estimate of drug-likeness (QED) is 0.344. The van der Waals surface area contributed by atoms with E-state index in [2.05, 4.69) is 61.7 Å². The molecule has 2 aliphatic rings. The number of rotatable bonds is 10. The molecule has 1 saturated carbocycles. The molecule has 34 heavy (non-hydrogen) atoms. The Hall–Kier alpha value is -1.47. The number of hydrogen-bond acceptors (Lipinski definition) is 2. The zero-order valence-corrected chi connectivity index (χ0v) is 22.6. The van der Waals surface area contributed by atoms with Crippen LogP contribution >= 0.6 is 0 Å². The van der Waals surface area contributed by atoms with E-state index < -0.39 is 12.0 Å². The van der Waals surface area contributed by atoms with Crippen molar-refractivity contribution < 1.29 is 35.1 Å². The van der Waals surface area contributed by atoms with Crippen LogP contribution in [0.3, 0.4) is 0 Å². The van der Waals surface area contributed by atoms with Crippen LogP contribution in [-0.4, -0.2) is 42.5 Å². The Balaban J connectivity index is 1.65. The number of benzene rings is 2. The third kappa shape index (κ3) is 5.51. The average Bonchev–Trinajstić information content (AvgIpc) is 3.54. The molecule has 5 heteroatoms. The van der Waals surface area contributed by atoms with Crippen LogP contribution in [-0.2, 0) is 6.42 Å². The maximum absolute atomic E-state index is 14.1. The second-order valence-corrected chi connectivity index (χ2v) is 14.5. The van der Waals surface area contributed by atoms with Crippen molar-refractivity contribution >= 4 is 0 Å².